The van der Waals surface area contributed by atoms with E-state index >= 15 is 0 Å². The molecule has 1 amide bonds. The SMILES string of the molecule is CCCCCCOc1ccc2cc(-c3noc([C@@H]4CCCN4C(C)=NC(=O)OC(C)(C)C)n3)ccc2c1. The maximum Gasteiger partial charge on any atom is 0.435 e. The number of nitrogens with zero attached hydrogens (tertiary/aromatic N) is 4. The highest BCUT2D eigenvalue weighted by Gasteiger charge is 2.32. The molecule has 1 aliphatic rings. The summed E-state index contributed by atoms with van der Waals surface area (Å²) >= 11 is 0. The van der Waals surface area contributed by atoms with Crippen LogP contribution in [0.1, 0.15) is 85.1 Å². The molecule has 2 heterocycles. The topological polar surface area (TPSA) is 90.1 Å². The van der Waals surface area contributed by atoms with Gasteiger partial charge in [0.05, 0.1) is 6.61 Å². The van der Waals surface area contributed by atoms with Crippen molar-refractivity contribution in [1.29, 1.82) is 0 Å². The second kappa shape index (κ2) is 11.8. The molecular formula is C29H38N4O4. The van der Waals surface area contributed by atoms with Gasteiger partial charge in [0.15, 0.2) is 0 Å². The van der Waals surface area contributed by atoms with E-state index in [-0.39, 0.29) is 6.04 Å². The molecular weight excluding hydrogens is 468 g/mol. The number of aliphatic imine (C=N–C) groups is 1. The van der Waals surface area contributed by atoms with E-state index in [1.165, 1.54) is 19.3 Å². The van der Waals surface area contributed by atoms with Gasteiger partial charge in [-0.25, -0.2) is 4.79 Å². The first-order valence-corrected chi connectivity index (χ1v) is 13.3. The Hall–Kier alpha value is -3.42. The first-order valence-electron chi connectivity index (χ1n) is 13.3. The Morgan fingerprint density at radius 2 is 1.92 bits per heavy atom. The van der Waals surface area contributed by atoms with Crippen LogP contribution in [0.4, 0.5) is 4.79 Å². The van der Waals surface area contributed by atoms with Gasteiger partial charge in [-0.1, -0.05) is 49.5 Å². The molecule has 0 saturated carbocycles. The molecule has 0 bridgehead atoms. The van der Waals surface area contributed by atoms with Gasteiger partial charge in [-0.05, 0) is 75.9 Å². The fourth-order valence-corrected chi connectivity index (χ4v) is 4.55. The van der Waals surface area contributed by atoms with Gasteiger partial charge in [-0.15, -0.1) is 0 Å². The molecule has 1 aromatic heterocycles. The summed E-state index contributed by atoms with van der Waals surface area (Å²) in [5.74, 6) is 2.55. The minimum Gasteiger partial charge on any atom is -0.494 e. The number of rotatable bonds is 8. The van der Waals surface area contributed by atoms with Crippen LogP contribution in [-0.4, -0.2) is 45.7 Å². The zero-order valence-corrected chi connectivity index (χ0v) is 22.6. The van der Waals surface area contributed by atoms with E-state index in [1.807, 2.05) is 44.7 Å². The van der Waals surface area contributed by atoms with E-state index in [1.54, 1.807) is 0 Å². The third-order valence-corrected chi connectivity index (χ3v) is 6.38. The van der Waals surface area contributed by atoms with Gasteiger partial charge in [0.2, 0.25) is 11.7 Å². The third kappa shape index (κ3) is 7.08. The summed E-state index contributed by atoms with van der Waals surface area (Å²) in [6, 6.07) is 12.2. The zero-order chi connectivity index (χ0) is 26.4. The van der Waals surface area contributed by atoms with Crippen LogP contribution in [0.15, 0.2) is 45.9 Å². The fraction of sp³-hybridized carbons (Fsp3) is 0.517. The summed E-state index contributed by atoms with van der Waals surface area (Å²) < 4.78 is 16.9. The lowest BCUT2D eigenvalue weighted by molar-refractivity contribution is 0.0601. The lowest BCUT2D eigenvalue weighted by Crippen LogP contribution is -2.30. The molecule has 8 nitrogen and oxygen atoms in total. The van der Waals surface area contributed by atoms with Gasteiger partial charge < -0.3 is 18.9 Å². The first-order chi connectivity index (χ1) is 17.7. The highest BCUT2D eigenvalue weighted by atomic mass is 16.6. The number of carbonyl (C=O) groups is 1. The monoisotopic (exact) mass is 506 g/mol. The molecule has 0 unspecified atom stereocenters. The van der Waals surface area contributed by atoms with Crippen LogP contribution in [0.25, 0.3) is 22.2 Å². The van der Waals surface area contributed by atoms with Crippen molar-refractivity contribution in [1.82, 2.24) is 15.0 Å². The van der Waals surface area contributed by atoms with Crippen molar-refractivity contribution in [2.24, 2.45) is 4.99 Å². The Labute approximate surface area is 219 Å². The number of amides is 1. The van der Waals surface area contributed by atoms with E-state index in [2.05, 4.69) is 41.3 Å². The predicted octanol–water partition coefficient (Wildman–Crippen LogP) is 7.34. The number of benzene rings is 2. The van der Waals surface area contributed by atoms with Crippen LogP contribution in [0.3, 0.4) is 0 Å². The highest BCUT2D eigenvalue weighted by molar-refractivity contribution is 5.90. The number of hydrogen-bond acceptors (Lipinski definition) is 6. The molecule has 4 rings (SSSR count). The summed E-state index contributed by atoms with van der Waals surface area (Å²) in [6.07, 6.45) is 5.96. The lowest BCUT2D eigenvalue weighted by Gasteiger charge is -2.24. The van der Waals surface area contributed by atoms with Crippen molar-refractivity contribution in [3.05, 3.63) is 42.3 Å². The van der Waals surface area contributed by atoms with Crippen molar-refractivity contribution in [3.8, 4) is 17.1 Å². The van der Waals surface area contributed by atoms with Crippen molar-refractivity contribution in [2.75, 3.05) is 13.2 Å². The van der Waals surface area contributed by atoms with Crippen molar-refractivity contribution in [2.45, 2.75) is 84.8 Å². The minimum absolute atomic E-state index is 0.120. The molecule has 1 saturated heterocycles. The maximum absolute atomic E-state index is 12.2. The third-order valence-electron chi connectivity index (χ3n) is 6.38. The average Bonchev–Trinajstić information content (AvgIpc) is 3.52. The lowest BCUT2D eigenvalue weighted by atomic mass is 10.1. The van der Waals surface area contributed by atoms with E-state index in [0.29, 0.717) is 17.6 Å². The van der Waals surface area contributed by atoms with Crippen LogP contribution in [-0.2, 0) is 4.74 Å². The van der Waals surface area contributed by atoms with Gasteiger partial charge >= 0.3 is 6.09 Å². The molecule has 1 atom stereocenters. The van der Waals surface area contributed by atoms with E-state index < -0.39 is 11.7 Å². The molecule has 37 heavy (non-hydrogen) atoms. The predicted molar refractivity (Wildman–Crippen MR) is 145 cm³/mol. The molecule has 3 aromatic rings. The molecule has 1 aliphatic heterocycles. The van der Waals surface area contributed by atoms with Gasteiger partial charge in [0, 0.05) is 12.1 Å². The van der Waals surface area contributed by atoms with Crippen molar-refractivity contribution >= 4 is 22.7 Å². The maximum atomic E-state index is 12.2. The summed E-state index contributed by atoms with van der Waals surface area (Å²) in [6.45, 7) is 11.0. The number of hydrogen-bond donors (Lipinski definition) is 0. The molecule has 0 spiro atoms. The second-order valence-electron chi connectivity index (χ2n) is 10.6. The number of amidine groups is 1. The number of fused-ring (bicyclic) bond motifs is 1. The molecule has 0 N–H and O–H groups in total. The van der Waals surface area contributed by atoms with E-state index in [0.717, 1.165) is 54.5 Å². The summed E-state index contributed by atoms with van der Waals surface area (Å²) in [7, 11) is 0. The quantitative estimate of drug-likeness (QED) is 0.179. The van der Waals surface area contributed by atoms with Gasteiger partial charge in [-0.3, -0.25) is 0 Å². The molecule has 0 aliphatic carbocycles. The second-order valence-corrected chi connectivity index (χ2v) is 10.6. The number of carbonyl (C=O) groups excluding carboxylic acids is 1. The number of likely N-dealkylation sites (tertiary alicyclic amines) is 1. The normalized spacial score (nSPS) is 16.4. The first kappa shape index (κ1) is 26.6. The van der Waals surface area contributed by atoms with Crippen LogP contribution in [0.5, 0.6) is 5.75 Å². The summed E-state index contributed by atoms with van der Waals surface area (Å²) in [4.78, 5) is 23.1. The van der Waals surface area contributed by atoms with Crippen LogP contribution in [0.2, 0.25) is 0 Å². The highest BCUT2D eigenvalue weighted by Crippen LogP contribution is 2.33. The van der Waals surface area contributed by atoms with Crippen LogP contribution >= 0.6 is 0 Å². The summed E-state index contributed by atoms with van der Waals surface area (Å²) in [5, 5.41) is 6.45. The molecule has 8 heteroatoms. The average molecular weight is 507 g/mol. The van der Waals surface area contributed by atoms with Gasteiger partial charge in [0.1, 0.15) is 23.2 Å². The Morgan fingerprint density at radius 3 is 2.70 bits per heavy atom. The smallest absolute Gasteiger partial charge is 0.435 e. The Balaban J connectivity index is 1.44. The standard InChI is InChI=1S/C29H38N4O4/c1-6-7-8-9-17-35-24-15-14-21-18-23(13-12-22(21)19-24)26-31-27(37-32-26)25-11-10-16-33(25)20(2)30-28(34)36-29(3,4)5/h12-15,18-19,25H,6-11,16-17H2,1-5H3/t25-/m0/s1. The van der Waals surface area contributed by atoms with Crippen LogP contribution in [0, 0.1) is 0 Å². The minimum atomic E-state index is -0.594. The number of aromatic nitrogens is 2. The Bertz CT molecular complexity index is 1240. The Kier molecular flexibility index (Phi) is 8.46. The van der Waals surface area contributed by atoms with Gasteiger partial charge in [0.25, 0.3) is 0 Å². The van der Waals surface area contributed by atoms with Crippen molar-refractivity contribution in [3.63, 3.8) is 0 Å². The zero-order valence-electron chi connectivity index (χ0n) is 22.6. The number of unbranched alkanes of at least 4 members (excludes halogenated alkanes) is 3. The summed E-state index contributed by atoms with van der Waals surface area (Å²) in [5.41, 5.74) is 0.300. The van der Waals surface area contributed by atoms with E-state index in [9.17, 15) is 4.79 Å². The van der Waals surface area contributed by atoms with Crippen LogP contribution < -0.4 is 4.74 Å². The van der Waals surface area contributed by atoms with Gasteiger partial charge in [-0.2, -0.15) is 9.98 Å². The van der Waals surface area contributed by atoms with Crippen molar-refractivity contribution < 1.29 is 18.8 Å². The van der Waals surface area contributed by atoms with E-state index in [4.69, 9.17) is 19.0 Å². The molecule has 2 aromatic carbocycles. The molecule has 198 valence electrons. The number of ether oxygens (including phenoxy) is 2. The Morgan fingerprint density at radius 1 is 1.14 bits per heavy atom. The fourth-order valence-electron chi connectivity index (χ4n) is 4.55. The largest absolute Gasteiger partial charge is 0.494 e. The molecule has 0 radical (unpaired) electrons. The molecule has 1 fully saturated rings.